The minimum Gasteiger partial charge on any atom is -0.355 e. The second kappa shape index (κ2) is 10.4. The summed E-state index contributed by atoms with van der Waals surface area (Å²) in [6.45, 7) is 5.02. The third-order valence-electron chi connectivity index (χ3n) is 4.31. The average molecular weight is 436 g/mol. The van der Waals surface area contributed by atoms with E-state index in [0.717, 1.165) is 31.6 Å². The third-order valence-corrected chi connectivity index (χ3v) is 5.34. The van der Waals surface area contributed by atoms with Gasteiger partial charge in [0.05, 0.1) is 6.54 Å². The summed E-state index contributed by atoms with van der Waals surface area (Å²) < 4.78 is 0. The van der Waals surface area contributed by atoms with Crippen LogP contribution in [0.5, 0.6) is 0 Å². The number of aliphatic imine (C=N–C) groups is 1. The topological polar surface area (TPSA) is 39.7 Å². The minimum absolute atomic E-state index is 0. The molecule has 4 nitrogen and oxygen atoms in total. The summed E-state index contributed by atoms with van der Waals surface area (Å²) >= 11 is 1.79. The van der Waals surface area contributed by atoms with Crippen molar-refractivity contribution in [2.75, 3.05) is 27.2 Å². The Labute approximate surface area is 155 Å². The van der Waals surface area contributed by atoms with Crippen molar-refractivity contribution in [1.29, 1.82) is 0 Å². The molecule has 1 aliphatic carbocycles. The Morgan fingerprint density at radius 2 is 2.09 bits per heavy atom. The number of hydrogen-bond acceptors (Lipinski definition) is 3. The van der Waals surface area contributed by atoms with E-state index in [1.807, 2.05) is 7.05 Å². The van der Waals surface area contributed by atoms with E-state index >= 15 is 0 Å². The van der Waals surface area contributed by atoms with Crippen LogP contribution in [-0.4, -0.2) is 44.1 Å². The summed E-state index contributed by atoms with van der Waals surface area (Å²) in [6, 6.07) is 2.95. The van der Waals surface area contributed by atoms with Crippen LogP contribution >= 0.6 is 35.3 Å². The second-order valence-corrected chi connectivity index (χ2v) is 6.80. The smallest absolute Gasteiger partial charge is 0.191 e. The Morgan fingerprint density at radius 3 is 2.68 bits per heavy atom. The zero-order valence-corrected chi connectivity index (χ0v) is 17.0. The molecule has 1 heterocycles. The first-order chi connectivity index (χ1) is 10.2. The molecular formula is C16H29IN4S. The van der Waals surface area contributed by atoms with Gasteiger partial charge in [-0.25, -0.2) is 0 Å². The standard InChI is InChI=1S/C16H28N4S.HI/c1-13-8-11-21-15(13)12-19-16(17-2)18-9-10-20(3)14-6-4-5-7-14;/h8,11,14H,4-7,9-10,12H2,1-3H3,(H2,17,18,19);1H. The molecule has 0 aliphatic heterocycles. The molecule has 1 aromatic heterocycles. The van der Waals surface area contributed by atoms with E-state index in [2.05, 4.69) is 45.9 Å². The van der Waals surface area contributed by atoms with Gasteiger partial charge in [0.2, 0.25) is 0 Å². The molecule has 2 N–H and O–H groups in total. The summed E-state index contributed by atoms with van der Waals surface area (Å²) in [5.41, 5.74) is 1.35. The lowest BCUT2D eigenvalue weighted by molar-refractivity contribution is 0.249. The second-order valence-electron chi connectivity index (χ2n) is 5.80. The van der Waals surface area contributed by atoms with Gasteiger partial charge in [-0.2, -0.15) is 0 Å². The molecule has 0 aromatic carbocycles. The SMILES string of the molecule is CN=C(NCCN(C)C1CCCC1)NCc1sccc1C.I. The van der Waals surface area contributed by atoms with E-state index < -0.39 is 0 Å². The summed E-state index contributed by atoms with van der Waals surface area (Å²) in [5.74, 6) is 0.891. The molecular weight excluding hydrogens is 407 g/mol. The zero-order valence-electron chi connectivity index (χ0n) is 13.9. The van der Waals surface area contributed by atoms with Crippen molar-refractivity contribution < 1.29 is 0 Å². The molecule has 6 heteroatoms. The summed E-state index contributed by atoms with van der Waals surface area (Å²) in [4.78, 5) is 8.15. The van der Waals surface area contributed by atoms with Crippen LogP contribution in [0.3, 0.4) is 0 Å². The van der Waals surface area contributed by atoms with Crippen molar-refractivity contribution >= 4 is 41.3 Å². The van der Waals surface area contributed by atoms with Crippen LogP contribution in [0.25, 0.3) is 0 Å². The number of guanidine groups is 1. The molecule has 1 aliphatic rings. The predicted molar refractivity (Wildman–Crippen MR) is 108 cm³/mol. The molecule has 1 fully saturated rings. The molecule has 0 atom stereocenters. The van der Waals surface area contributed by atoms with Crippen molar-refractivity contribution in [2.45, 2.75) is 45.2 Å². The van der Waals surface area contributed by atoms with Crippen molar-refractivity contribution in [2.24, 2.45) is 4.99 Å². The van der Waals surface area contributed by atoms with E-state index in [9.17, 15) is 0 Å². The predicted octanol–water partition coefficient (Wildman–Crippen LogP) is 3.21. The average Bonchev–Trinajstić information content (AvgIpc) is 3.14. The Bertz CT molecular complexity index is 455. The van der Waals surface area contributed by atoms with Crippen LogP contribution in [0.4, 0.5) is 0 Å². The van der Waals surface area contributed by atoms with Gasteiger partial charge in [0.1, 0.15) is 0 Å². The Balaban J connectivity index is 0.00000242. The van der Waals surface area contributed by atoms with Crippen molar-refractivity contribution in [3.8, 4) is 0 Å². The number of halogens is 1. The molecule has 0 bridgehead atoms. The Morgan fingerprint density at radius 1 is 1.36 bits per heavy atom. The van der Waals surface area contributed by atoms with E-state index in [-0.39, 0.29) is 24.0 Å². The molecule has 0 unspecified atom stereocenters. The lowest BCUT2D eigenvalue weighted by Gasteiger charge is -2.24. The van der Waals surface area contributed by atoms with Gasteiger partial charge < -0.3 is 15.5 Å². The van der Waals surface area contributed by atoms with E-state index in [1.54, 1.807) is 11.3 Å². The van der Waals surface area contributed by atoms with Crippen LogP contribution in [0, 0.1) is 6.92 Å². The van der Waals surface area contributed by atoms with E-state index in [1.165, 1.54) is 36.1 Å². The first kappa shape index (κ1) is 19.7. The Hall–Kier alpha value is -0.340. The molecule has 0 amide bonds. The Kier molecular flexibility index (Phi) is 9.35. The quantitative estimate of drug-likeness (QED) is 0.409. The van der Waals surface area contributed by atoms with Gasteiger partial charge in [-0.1, -0.05) is 12.8 Å². The normalized spacial score (nSPS) is 15.9. The number of rotatable bonds is 6. The third kappa shape index (κ3) is 6.04. The van der Waals surface area contributed by atoms with Gasteiger partial charge in [-0.15, -0.1) is 35.3 Å². The van der Waals surface area contributed by atoms with Gasteiger partial charge in [-0.3, -0.25) is 4.99 Å². The maximum absolute atomic E-state index is 4.29. The number of nitrogens with one attached hydrogen (secondary N) is 2. The maximum atomic E-state index is 4.29. The van der Waals surface area contributed by atoms with Crippen LogP contribution in [0.1, 0.15) is 36.1 Å². The van der Waals surface area contributed by atoms with Gasteiger partial charge in [0, 0.05) is 31.1 Å². The number of likely N-dealkylation sites (N-methyl/N-ethyl adjacent to an activating group) is 1. The molecule has 2 rings (SSSR count). The summed E-state index contributed by atoms with van der Waals surface area (Å²) in [7, 11) is 4.07. The number of nitrogens with zero attached hydrogens (tertiary/aromatic N) is 2. The van der Waals surface area contributed by atoms with Crippen LogP contribution in [-0.2, 0) is 6.54 Å². The van der Waals surface area contributed by atoms with Gasteiger partial charge in [-0.05, 0) is 43.8 Å². The summed E-state index contributed by atoms with van der Waals surface area (Å²) in [5, 5.41) is 8.93. The largest absolute Gasteiger partial charge is 0.355 e. The fraction of sp³-hybridized carbons (Fsp3) is 0.688. The highest BCUT2D eigenvalue weighted by Gasteiger charge is 2.18. The van der Waals surface area contributed by atoms with Crippen molar-refractivity contribution in [3.05, 3.63) is 21.9 Å². The van der Waals surface area contributed by atoms with Crippen molar-refractivity contribution in [1.82, 2.24) is 15.5 Å². The molecule has 1 aromatic rings. The number of hydrogen-bond donors (Lipinski definition) is 2. The first-order valence-corrected chi connectivity index (χ1v) is 8.76. The fourth-order valence-electron chi connectivity index (χ4n) is 2.85. The lowest BCUT2D eigenvalue weighted by atomic mass is 10.2. The van der Waals surface area contributed by atoms with Gasteiger partial charge in [0.15, 0.2) is 5.96 Å². The maximum Gasteiger partial charge on any atom is 0.191 e. The highest BCUT2D eigenvalue weighted by Crippen LogP contribution is 2.21. The molecule has 126 valence electrons. The van der Waals surface area contributed by atoms with Crippen molar-refractivity contribution in [3.63, 3.8) is 0 Å². The van der Waals surface area contributed by atoms with Crippen LogP contribution < -0.4 is 10.6 Å². The molecule has 0 saturated heterocycles. The lowest BCUT2D eigenvalue weighted by Crippen LogP contribution is -2.42. The zero-order chi connectivity index (χ0) is 15.1. The van der Waals surface area contributed by atoms with Gasteiger partial charge >= 0.3 is 0 Å². The molecule has 1 saturated carbocycles. The number of aryl methyl sites for hydroxylation is 1. The van der Waals surface area contributed by atoms with Gasteiger partial charge in [0.25, 0.3) is 0 Å². The molecule has 22 heavy (non-hydrogen) atoms. The molecule has 0 spiro atoms. The highest BCUT2D eigenvalue weighted by atomic mass is 127. The van der Waals surface area contributed by atoms with E-state index in [0.29, 0.717) is 0 Å². The van der Waals surface area contributed by atoms with Crippen LogP contribution in [0.15, 0.2) is 16.4 Å². The first-order valence-electron chi connectivity index (χ1n) is 7.88. The number of thiophene rings is 1. The van der Waals surface area contributed by atoms with Crippen LogP contribution in [0.2, 0.25) is 0 Å². The fourth-order valence-corrected chi connectivity index (χ4v) is 3.69. The molecule has 0 radical (unpaired) electrons. The summed E-state index contributed by atoms with van der Waals surface area (Å²) in [6.07, 6.45) is 5.51. The monoisotopic (exact) mass is 436 g/mol. The minimum atomic E-state index is 0. The van der Waals surface area contributed by atoms with E-state index in [4.69, 9.17) is 0 Å². The highest BCUT2D eigenvalue weighted by molar-refractivity contribution is 14.0.